The number of hydrogen-bond donors (Lipinski definition) is 0. The molecule has 0 fully saturated rings. The van der Waals surface area contributed by atoms with E-state index < -0.39 is 31.8 Å². The van der Waals surface area contributed by atoms with Crippen molar-refractivity contribution in [3.63, 3.8) is 0 Å². The van der Waals surface area contributed by atoms with Crippen LogP contribution in [0.2, 0.25) is 0 Å². The molecular formula is C4Cl2F9NOS. The molecule has 18 heavy (non-hydrogen) atoms. The van der Waals surface area contributed by atoms with Crippen LogP contribution in [0.25, 0.3) is 0 Å². The molecule has 2 nitrogen and oxygen atoms in total. The number of alkyl halides is 10. The molecule has 0 saturated heterocycles. The maximum atomic E-state index is 12.0. The Hall–Kier alpha value is -0.100. The second kappa shape index (κ2) is 4.47. The Bertz CT molecular complexity index is 413. The highest BCUT2D eigenvalue weighted by Crippen LogP contribution is 2.51. The van der Waals surface area contributed by atoms with E-state index in [0.29, 0.717) is 0 Å². The van der Waals surface area contributed by atoms with Gasteiger partial charge in [0.05, 0.1) is 0 Å². The van der Waals surface area contributed by atoms with Gasteiger partial charge in [0.2, 0.25) is 8.94 Å². The summed E-state index contributed by atoms with van der Waals surface area (Å²) in [6, 6.07) is 0. The Balaban J connectivity index is 6.18. The highest BCUT2D eigenvalue weighted by molar-refractivity contribution is 8.16. The molecule has 14 heteroatoms. The van der Waals surface area contributed by atoms with Crippen LogP contribution in [-0.4, -0.2) is 27.1 Å². The van der Waals surface area contributed by atoms with Crippen LogP contribution in [0.1, 0.15) is 0 Å². The van der Waals surface area contributed by atoms with Gasteiger partial charge in [0.25, 0.3) is 0 Å². The number of halogens is 11. The third-order valence-electron chi connectivity index (χ3n) is 1.28. The van der Waals surface area contributed by atoms with Crippen molar-refractivity contribution in [2.45, 2.75) is 22.9 Å². The minimum atomic E-state index is -6.48. The Labute approximate surface area is 103 Å². The van der Waals surface area contributed by atoms with Crippen molar-refractivity contribution in [3.8, 4) is 0 Å². The molecule has 0 aliphatic heterocycles. The average molecular weight is 352 g/mol. The van der Waals surface area contributed by atoms with Crippen molar-refractivity contribution in [1.29, 1.82) is 0 Å². The van der Waals surface area contributed by atoms with Gasteiger partial charge in [-0.2, -0.15) is 43.9 Å². The van der Waals surface area contributed by atoms with E-state index in [-0.39, 0.29) is 0 Å². The summed E-state index contributed by atoms with van der Waals surface area (Å²) in [6.45, 7) is 0. The maximum absolute atomic E-state index is 12.0. The molecule has 0 aromatic rings. The van der Waals surface area contributed by atoms with Crippen molar-refractivity contribution in [2.24, 2.45) is 4.36 Å². The lowest BCUT2D eigenvalue weighted by Gasteiger charge is -2.27. The van der Waals surface area contributed by atoms with Crippen LogP contribution >= 0.6 is 22.3 Å². The molecule has 0 radical (unpaired) electrons. The van der Waals surface area contributed by atoms with Gasteiger partial charge in [0.1, 0.15) is 0 Å². The largest absolute Gasteiger partial charge is 0.493 e. The zero-order valence-corrected chi connectivity index (χ0v) is 9.75. The Morgan fingerprint density at radius 3 is 1.28 bits per heavy atom. The Morgan fingerprint density at radius 1 is 0.833 bits per heavy atom. The fourth-order valence-corrected chi connectivity index (χ4v) is 1.82. The molecule has 110 valence electrons. The fourth-order valence-electron chi connectivity index (χ4n) is 0.478. The molecule has 0 aliphatic rings. The lowest BCUT2D eigenvalue weighted by molar-refractivity contribution is -0.264. The lowest BCUT2D eigenvalue weighted by atomic mass is 10.3. The zero-order valence-electron chi connectivity index (χ0n) is 7.42. The van der Waals surface area contributed by atoms with Gasteiger partial charge >= 0.3 is 22.9 Å². The molecule has 1 atom stereocenters. The van der Waals surface area contributed by atoms with Gasteiger partial charge in [-0.05, 0) is 0 Å². The average Bonchev–Trinajstić information content (AvgIpc) is 1.95. The molecule has 0 saturated carbocycles. The summed E-state index contributed by atoms with van der Waals surface area (Å²) in [7, 11) is -2.29. The normalized spacial score (nSPS) is 18.4. The molecule has 0 rings (SSSR count). The van der Waals surface area contributed by atoms with Gasteiger partial charge in [-0.1, -0.05) is 11.6 Å². The SMILES string of the molecule is O=S(Cl)(=NC(Cl)(C(F)(F)F)C(F)(F)F)C(F)(F)F. The summed E-state index contributed by atoms with van der Waals surface area (Å²) in [5.41, 5.74) is -6.12. The Kier molecular flexibility index (Phi) is 4.45. The molecule has 0 heterocycles. The lowest BCUT2D eigenvalue weighted by Crippen LogP contribution is -2.51. The highest BCUT2D eigenvalue weighted by atomic mass is 35.7. The summed E-state index contributed by atoms with van der Waals surface area (Å²) in [4.78, 5) is -5.71. The standard InChI is InChI=1S/C4Cl2F9NOS/c5-1(2(7,8)9,3(10,11)12)16-18(6,17)4(13,14)15. The van der Waals surface area contributed by atoms with Crippen LogP contribution in [0.3, 0.4) is 0 Å². The molecule has 0 aromatic heterocycles. The first kappa shape index (κ1) is 17.9. The second-order valence-electron chi connectivity index (χ2n) is 2.61. The van der Waals surface area contributed by atoms with Gasteiger partial charge in [0.15, 0.2) is 0 Å². The van der Waals surface area contributed by atoms with Gasteiger partial charge in [-0.25, -0.2) is 4.21 Å². The molecule has 0 aliphatic carbocycles. The van der Waals surface area contributed by atoms with Gasteiger partial charge in [-0.15, -0.1) is 0 Å². The van der Waals surface area contributed by atoms with Crippen LogP contribution in [0.15, 0.2) is 4.36 Å². The first-order chi connectivity index (χ1) is 7.46. The molecule has 0 amide bonds. The van der Waals surface area contributed by atoms with Gasteiger partial charge in [0, 0.05) is 10.7 Å². The summed E-state index contributed by atoms with van der Waals surface area (Å²) in [5.74, 6) is 0. The van der Waals surface area contributed by atoms with Crippen molar-refractivity contribution in [1.82, 2.24) is 0 Å². The van der Waals surface area contributed by atoms with E-state index in [1.54, 1.807) is 0 Å². The summed E-state index contributed by atoms with van der Waals surface area (Å²) in [6.07, 6.45) is -13.0. The minimum absolute atomic E-state index is 1.04. The maximum Gasteiger partial charge on any atom is 0.493 e. The third kappa shape index (κ3) is 3.26. The molecule has 1 unspecified atom stereocenters. The van der Waals surface area contributed by atoms with Crippen molar-refractivity contribution in [2.75, 3.05) is 0 Å². The monoisotopic (exact) mass is 351 g/mol. The Morgan fingerprint density at radius 2 is 1.11 bits per heavy atom. The van der Waals surface area contributed by atoms with Crippen LogP contribution in [-0.2, 0) is 8.94 Å². The molecule has 0 bridgehead atoms. The number of nitrogens with zero attached hydrogens (tertiary/aromatic N) is 1. The second-order valence-corrected chi connectivity index (χ2v) is 5.98. The van der Waals surface area contributed by atoms with Crippen LogP contribution in [0, 0.1) is 0 Å². The summed E-state index contributed by atoms with van der Waals surface area (Å²) >= 11 is 4.00. The molecule has 0 N–H and O–H groups in total. The topological polar surface area (TPSA) is 29.4 Å². The van der Waals surface area contributed by atoms with Crippen molar-refractivity contribution >= 4 is 31.2 Å². The van der Waals surface area contributed by atoms with Crippen molar-refractivity contribution in [3.05, 3.63) is 0 Å². The van der Waals surface area contributed by atoms with Crippen LogP contribution < -0.4 is 0 Å². The zero-order chi connectivity index (χ0) is 15.2. The van der Waals surface area contributed by atoms with Crippen LogP contribution in [0.5, 0.6) is 0 Å². The molecule has 0 spiro atoms. The van der Waals surface area contributed by atoms with E-state index in [4.69, 9.17) is 0 Å². The van der Waals surface area contributed by atoms with E-state index in [2.05, 4.69) is 22.3 Å². The minimum Gasteiger partial charge on any atom is -0.224 e. The quantitative estimate of drug-likeness (QED) is 0.301. The predicted molar refractivity (Wildman–Crippen MR) is 43.2 cm³/mol. The van der Waals surface area contributed by atoms with E-state index >= 15 is 0 Å². The van der Waals surface area contributed by atoms with E-state index in [1.165, 1.54) is 0 Å². The number of hydrogen-bond acceptors (Lipinski definition) is 2. The first-order valence-corrected chi connectivity index (χ1v) is 6.04. The van der Waals surface area contributed by atoms with Gasteiger partial charge < -0.3 is 0 Å². The number of rotatable bonds is 1. The summed E-state index contributed by atoms with van der Waals surface area (Å²) in [5, 5.41) is 0. The molecular weight excluding hydrogens is 352 g/mol. The van der Waals surface area contributed by atoms with Gasteiger partial charge in [-0.3, -0.25) is 0 Å². The molecule has 0 aromatic carbocycles. The van der Waals surface area contributed by atoms with Crippen molar-refractivity contribution < 1.29 is 43.7 Å². The smallest absolute Gasteiger partial charge is 0.224 e. The van der Waals surface area contributed by atoms with E-state index in [1.807, 2.05) is 0 Å². The fraction of sp³-hybridized carbons (Fsp3) is 1.00. The predicted octanol–water partition coefficient (Wildman–Crippen LogP) is 4.19. The van der Waals surface area contributed by atoms with E-state index in [0.717, 1.165) is 4.36 Å². The van der Waals surface area contributed by atoms with Crippen LogP contribution in [0.4, 0.5) is 39.5 Å². The van der Waals surface area contributed by atoms with E-state index in [9.17, 15) is 43.7 Å². The summed E-state index contributed by atoms with van der Waals surface area (Å²) < 4.78 is 119. The first-order valence-electron chi connectivity index (χ1n) is 3.32. The highest BCUT2D eigenvalue weighted by Gasteiger charge is 2.72. The third-order valence-corrected chi connectivity index (χ3v) is 3.70.